The van der Waals surface area contributed by atoms with Crippen LogP contribution in [0.25, 0.3) is 33.1 Å². The van der Waals surface area contributed by atoms with E-state index in [4.69, 9.17) is 4.98 Å². The van der Waals surface area contributed by atoms with Gasteiger partial charge in [-0.2, -0.15) is 5.10 Å². The van der Waals surface area contributed by atoms with Crippen molar-refractivity contribution in [3.63, 3.8) is 0 Å². The Hall–Kier alpha value is -2.95. The van der Waals surface area contributed by atoms with Crippen LogP contribution >= 0.6 is 0 Å². The SMILES string of the molecule is Cc1[nH]nc2ccc3nc(-c4ccc(O)c(F)c4)c4c(c3c12)CCCC4. The number of phenolic OH excluding ortho intramolecular Hbond substituents is 1. The zero-order chi connectivity index (χ0) is 17.8. The lowest BCUT2D eigenvalue weighted by Gasteiger charge is -2.22. The highest BCUT2D eigenvalue weighted by molar-refractivity contribution is 6.09. The van der Waals surface area contributed by atoms with Gasteiger partial charge in [0.25, 0.3) is 0 Å². The molecule has 0 radical (unpaired) electrons. The van der Waals surface area contributed by atoms with Crippen molar-refractivity contribution in [3.8, 4) is 17.0 Å². The van der Waals surface area contributed by atoms with Gasteiger partial charge in [0.2, 0.25) is 0 Å². The first-order chi connectivity index (χ1) is 12.6. The molecule has 2 N–H and O–H groups in total. The predicted octanol–water partition coefficient (Wildman–Crippen LogP) is 4.81. The predicted molar refractivity (Wildman–Crippen MR) is 99.8 cm³/mol. The van der Waals surface area contributed by atoms with E-state index < -0.39 is 5.82 Å². The second kappa shape index (κ2) is 5.53. The Balaban J connectivity index is 1.89. The molecule has 0 amide bonds. The molecular weight excluding hydrogens is 329 g/mol. The van der Waals surface area contributed by atoms with Gasteiger partial charge in [-0.3, -0.25) is 5.10 Å². The largest absolute Gasteiger partial charge is 0.505 e. The number of aryl methyl sites for hydroxylation is 2. The second-order valence-corrected chi connectivity index (χ2v) is 6.99. The number of H-pyrrole nitrogens is 1. The van der Waals surface area contributed by atoms with Crippen molar-refractivity contribution < 1.29 is 9.50 Å². The Morgan fingerprint density at radius 2 is 1.77 bits per heavy atom. The van der Waals surface area contributed by atoms with E-state index in [0.29, 0.717) is 5.56 Å². The average Bonchev–Trinajstić information content (AvgIpc) is 3.04. The number of phenols is 1. The topological polar surface area (TPSA) is 61.8 Å². The normalized spacial score (nSPS) is 14.1. The molecule has 0 fully saturated rings. The molecule has 5 rings (SSSR count). The Morgan fingerprint density at radius 1 is 1.00 bits per heavy atom. The summed E-state index contributed by atoms with van der Waals surface area (Å²) in [5, 5.41) is 19.3. The maximum atomic E-state index is 13.9. The number of halogens is 1. The summed E-state index contributed by atoms with van der Waals surface area (Å²) in [5.74, 6) is -0.950. The molecule has 0 unspecified atom stereocenters. The number of nitrogens with one attached hydrogen (secondary N) is 1. The summed E-state index contributed by atoms with van der Waals surface area (Å²) in [6.07, 6.45) is 4.17. The molecule has 5 heteroatoms. The van der Waals surface area contributed by atoms with E-state index >= 15 is 0 Å². The van der Waals surface area contributed by atoms with Crippen molar-refractivity contribution in [2.75, 3.05) is 0 Å². The van der Waals surface area contributed by atoms with Crippen molar-refractivity contribution >= 4 is 21.8 Å². The number of aromatic hydroxyl groups is 1. The minimum absolute atomic E-state index is 0.334. The Bertz CT molecular complexity index is 1180. The third-order valence-corrected chi connectivity index (χ3v) is 5.39. The lowest BCUT2D eigenvalue weighted by Crippen LogP contribution is -2.08. The molecule has 4 aromatic rings. The van der Waals surface area contributed by atoms with Crippen LogP contribution in [0.3, 0.4) is 0 Å². The number of hydrogen-bond donors (Lipinski definition) is 2. The first kappa shape index (κ1) is 15.3. The average molecular weight is 347 g/mol. The van der Waals surface area contributed by atoms with Crippen LogP contribution in [0.1, 0.15) is 29.7 Å². The quantitative estimate of drug-likeness (QED) is 0.519. The smallest absolute Gasteiger partial charge is 0.165 e. The fourth-order valence-electron chi connectivity index (χ4n) is 4.18. The summed E-state index contributed by atoms with van der Waals surface area (Å²) >= 11 is 0. The monoisotopic (exact) mass is 347 g/mol. The zero-order valence-electron chi connectivity index (χ0n) is 14.4. The molecule has 26 heavy (non-hydrogen) atoms. The maximum absolute atomic E-state index is 13.9. The minimum atomic E-state index is -0.616. The van der Waals surface area contributed by atoms with Crippen LogP contribution in [-0.2, 0) is 12.8 Å². The summed E-state index contributed by atoms with van der Waals surface area (Å²) in [5.41, 5.74) is 6.94. The van der Waals surface area contributed by atoms with Crippen molar-refractivity contribution in [2.24, 2.45) is 0 Å². The lowest BCUT2D eigenvalue weighted by atomic mass is 9.85. The first-order valence-electron chi connectivity index (χ1n) is 8.91. The molecule has 2 heterocycles. The van der Waals surface area contributed by atoms with E-state index in [9.17, 15) is 9.50 Å². The number of aromatic nitrogens is 3. The summed E-state index contributed by atoms with van der Waals surface area (Å²) in [4.78, 5) is 4.91. The number of rotatable bonds is 1. The van der Waals surface area contributed by atoms with Gasteiger partial charge in [0.15, 0.2) is 11.6 Å². The van der Waals surface area contributed by atoms with Gasteiger partial charge >= 0.3 is 0 Å². The highest BCUT2D eigenvalue weighted by Gasteiger charge is 2.22. The number of hydrogen-bond acceptors (Lipinski definition) is 3. The molecule has 0 aliphatic heterocycles. The number of nitrogens with zero attached hydrogens (tertiary/aromatic N) is 2. The van der Waals surface area contributed by atoms with Crippen molar-refractivity contribution in [1.82, 2.24) is 15.2 Å². The molecule has 1 aliphatic rings. The minimum Gasteiger partial charge on any atom is -0.505 e. The summed E-state index contributed by atoms with van der Waals surface area (Å²) in [6, 6.07) is 8.48. The van der Waals surface area contributed by atoms with E-state index in [1.807, 2.05) is 19.1 Å². The molecule has 0 bridgehead atoms. The van der Waals surface area contributed by atoms with Crippen molar-refractivity contribution in [3.05, 3.63) is 53.0 Å². The fourth-order valence-corrected chi connectivity index (χ4v) is 4.18. The fraction of sp³-hybridized carbons (Fsp3) is 0.238. The Labute approximate surface area is 149 Å². The maximum Gasteiger partial charge on any atom is 0.165 e. The van der Waals surface area contributed by atoms with E-state index in [1.54, 1.807) is 6.07 Å². The van der Waals surface area contributed by atoms with Gasteiger partial charge < -0.3 is 5.11 Å². The molecule has 0 saturated carbocycles. The molecule has 0 atom stereocenters. The van der Waals surface area contributed by atoms with Crippen LogP contribution < -0.4 is 0 Å². The first-order valence-corrected chi connectivity index (χ1v) is 8.91. The van der Waals surface area contributed by atoms with Crippen molar-refractivity contribution in [2.45, 2.75) is 32.6 Å². The highest BCUT2D eigenvalue weighted by atomic mass is 19.1. The molecule has 2 aromatic heterocycles. The summed E-state index contributed by atoms with van der Waals surface area (Å²) in [7, 11) is 0. The van der Waals surface area contributed by atoms with Gasteiger partial charge in [-0.05, 0) is 74.1 Å². The number of pyridine rings is 1. The zero-order valence-corrected chi connectivity index (χ0v) is 14.4. The van der Waals surface area contributed by atoms with Gasteiger partial charge in [0, 0.05) is 22.0 Å². The van der Waals surface area contributed by atoms with Gasteiger partial charge in [0.1, 0.15) is 0 Å². The third kappa shape index (κ3) is 2.13. The molecule has 130 valence electrons. The van der Waals surface area contributed by atoms with Gasteiger partial charge in [-0.15, -0.1) is 0 Å². The molecular formula is C21H18FN3O. The van der Waals surface area contributed by atoms with Crippen molar-refractivity contribution in [1.29, 1.82) is 0 Å². The molecule has 1 aliphatic carbocycles. The molecule has 0 saturated heterocycles. The van der Waals surface area contributed by atoms with E-state index in [1.165, 1.54) is 28.6 Å². The highest BCUT2D eigenvalue weighted by Crippen LogP contribution is 2.39. The van der Waals surface area contributed by atoms with Gasteiger partial charge in [-0.25, -0.2) is 9.37 Å². The van der Waals surface area contributed by atoms with Crippen LogP contribution in [0.2, 0.25) is 0 Å². The lowest BCUT2D eigenvalue weighted by molar-refractivity contribution is 0.432. The van der Waals surface area contributed by atoms with E-state index in [0.717, 1.165) is 53.5 Å². The second-order valence-electron chi connectivity index (χ2n) is 6.99. The Kier molecular flexibility index (Phi) is 3.26. The summed E-state index contributed by atoms with van der Waals surface area (Å²) < 4.78 is 13.9. The summed E-state index contributed by atoms with van der Waals surface area (Å²) in [6.45, 7) is 2.03. The molecule has 0 spiro atoms. The number of fused-ring (bicyclic) bond motifs is 5. The van der Waals surface area contributed by atoms with Gasteiger partial charge in [0.05, 0.1) is 16.7 Å². The number of aromatic amines is 1. The van der Waals surface area contributed by atoms with Crippen LogP contribution in [0, 0.1) is 12.7 Å². The number of benzene rings is 2. The van der Waals surface area contributed by atoms with E-state index in [-0.39, 0.29) is 5.75 Å². The van der Waals surface area contributed by atoms with Crippen LogP contribution in [0.4, 0.5) is 4.39 Å². The molecule has 2 aromatic carbocycles. The van der Waals surface area contributed by atoms with Crippen LogP contribution in [-0.4, -0.2) is 20.3 Å². The Morgan fingerprint density at radius 3 is 2.58 bits per heavy atom. The molecule has 4 nitrogen and oxygen atoms in total. The van der Waals surface area contributed by atoms with Crippen LogP contribution in [0.5, 0.6) is 5.75 Å². The standard InChI is InChI=1S/C21H18FN3O/c1-11-19-17(25-24-11)8-7-16-20(19)13-4-2-3-5-14(13)21(23-16)12-6-9-18(26)15(22)10-12/h6-10,26H,2-5H2,1H3,(H,24,25). The van der Waals surface area contributed by atoms with E-state index in [2.05, 4.69) is 10.2 Å². The van der Waals surface area contributed by atoms with Crippen LogP contribution in [0.15, 0.2) is 30.3 Å². The third-order valence-electron chi connectivity index (χ3n) is 5.39. The van der Waals surface area contributed by atoms with Gasteiger partial charge in [-0.1, -0.05) is 0 Å².